The maximum Gasteiger partial charge on any atom is 0.326 e. The molecule has 0 aromatic carbocycles. The maximum atomic E-state index is 11.5. The van der Waals surface area contributed by atoms with Crippen molar-refractivity contribution in [3.63, 3.8) is 0 Å². The molecule has 0 fully saturated rings. The van der Waals surface area contributed by atoms with Crippen LogP contribution in [0.15, 0.2) is 12.4 Å². The predicted octanol–water partition coefficient (Wildman–Crippen LogP) is -0.106. The van der Waals surface area contributed by atoms with E-state index in [0.29, 0.717) is 6.54 Å². The normalized spacial score (nSPS) is 12.4. The number of aromatic nitrogens is 3. The van der Waals surface area contributed by atoms with E-state index in [-0.39, 0.29) is 18.2 Å². The third kappa shape index (κ3) is 4.21. The molecule has 0 aliphatic carbocycles. The molecule has 0 saturated heterocycles. The Kier molecular flexibility index (Phi) is 4.62. The van der Waals surface area contributed by atoms with E-state index in [1.807, 2.05) is 0 Å². The Morgan fingerprint density at radius 3 is 2.65 bits per heavy atom. The van der Waals surface area contributed by atoms with Crippen LogP contribution in [0.25, 0.3) is 0 Å². The number of hydrogen-bond donors (Lipinski definition) is 2. The molecule has 0 spiro atoms. The van der Waals surface area contributed by atoms with E-state index in [1.165, 1.54) is 10.9 Å². The molecule has 1 atom stereocenters. The Bertz CT molecular complexity index is 375. The van der Waals surface area contributed by atoms with Gasteiger partial charge in [-0.2, -0.15) is 0 Å². The highest BCUT2D eigenvalue weighted by Crippen LogP contribution is 2.02. The lowest BCUT2D eigenvalue weighted by Gasteiger charge is -2.17. The van der Waals surface area contributed by atoms with Crippen molar-refractivity contribution in [2.45, 2.75) is 32.9 Å². The standard InChI is InChI=1S/C10H16N4O3/c1-7(2)9(10(16)17)12-8(15)3-5-14-6-4-11-13-14/h4,6-7,9H,3,5H2,1-2H3,(H,12,15)(H,16,17)/t9-/m0/s1. The summed E-state index contributed by atoms with van der Waals surface area (Å²) in [5.74, 6) is -1.47. The number of hydrogen-bond acceptors (Lipinski definition) is 4. The second kappa shape index (κ2) is 5.97. The summed E-state index contributed by atoms with van der Waals surface area (Å²) in [6, 6.07) is -0.849. The van der Waals surface area contributed by atoms with Crippen molar-refractivity contribution in [3.8, 4) is 0 Å². The van der Waals surface area contributed by atoms with Gasteiger partial charge in [-0.05, 0) is 5.92 Å². The average molecular weight is 240 g/mol. The van der Waals surface area contributed by atoms with Gasteiger partial charge in [-0.3, -0.25) is 9.48 Å². The molecule has 1 amide bonds. The van der Waals surface area contributed by atoms with E-state index in [9.17, 15) is 9.59 Å². The Morgan fingerprint density at radius 2 is 2.18 bits per heavy atom. The summed E-state index contributed by atoms with van der Waals surface area (Å²) in [7, 11) is 0. The number of nitrogens with zero attached hydrogens (tertiary/aromatic N) is 3. The summed E-state index contributed by atoms with van der Waals surface area (Å²) in [5.41, 5.74) is 0. The first kappa shape index (κ1) is 13.1. The number of carboxylic acid groups (broad SMARTS) is 1. The molecule has 94 valence electrons. The number of nitrogens with one attached hydrogen (secondary N) is 1. The van der Waals surface area contributed by atoms with Crippen LogP contribution in [0.4, 0.5) is 0 Å². The van der Waals surface area contributed by atoms with Gasteiger partial charge < -0.3 is 10.4 Å². The van der Waals surface area contributed by atoms with Crippen molar-refractivity contribution in [1.29, 1.82) is 0 Å². The zero-order valence-corrected chi connectivity index (χ0v) is 9.83. The molecule has 1 heterocycles. The van der Waals surface area contributed by atoms with Crippen LogP contribution in [0.3, 0.4) is 0 Å². The lowest BCUT2D eigenvalue weighted by Crippen LogP contribution is -2.44. The minimum Gasteiger partial charge on any atom is -0.480 e. The Hall–Kier alpha value is -1.92. The number of carbonyl (C=O) groups is 2. The third-order valence-electron chi connectivity index (χ3n) is 2.29. The fourth-order valence-electron chi connectivity index (χ4n) is 1.33. The number of carbonyl (C=O) groups excluding carboxylic acids is 1. The highest BCUT2D eigenvalue weighted by Gasteiger charge is 2.22. The summed E-state index contributed by atoms with van der Waals surface area (Å²) in [5, 5.41) is 18.7. The summed E-state index contributed by atoms with van der Waals surface area (Å²) in [4.78, 5) is 22.4. The third-order valence-corrected chi connectivity index (χ3v) is 2.29. The van der Waals surface area contributed by atoms with Gasteiger partial charge in [0.2, 0.25) is 5.91 Å². The van der Waals surface area contributed by atoms with Crippen molar-refractivity contribution in [3.05, 3.63) is 12.4 Å². The molecular formula is C10H16N4O3. The summed E-state index contributed by atoms with van der Waals surface area (Å²) >= 11 is 0. The molecule has 0 saturated carbocycles. The number of rotatable bonds is 6. The second-order valence-corrected chi connectivity index (χ2v) is 4.04. The molecule has 7 nitrogen and oxygen atoms in total. The van der Waals surface area contributed by atoms with E-state index in [0.717, 1.165) is 0 Å². The van der Waals surface area contributed by atoms with E-state index in [1.54, 1.807) is 20.0 Å². The maximum absolute atomic E-state index is 11.5. The van der Waals surface area contributed by atoms with Gasteiger partial charge in [0.15, 0.2) is 0 Å². The first-order valence-electron chi connectivity index (χ1n) is 5.37. The van der Waals surface area contributed by atoms with Crippen LogP contribution in [0.1, 0.15) is 20.3 Å². The van der Waals surface area contributed by atoms with E-state index in [2.05, 4.69) is 15.6 Å². The molecule has 0 radical (unpaired) electrons. The second-order valence-electron chi connectivity index (χ2n) is 4.04. The highest BCUT2D eigenvalue weighted by atomic mass is 16.4. The summed E-state index contributed by atoms with van der Waals surface area (Å²) in [6.45, 7) is 3.88. The van der Waals surface area contributed by atoms with Crippen molar-refractivity contribution < 1.29 is 14.7 Å². The van der Waals surface area contributed by atoms with Gasteiger partial charge in [0.05, 0.1) is 12.7 Å². The molecule has 0 unspecified atom stereocenters. The fraction of sp³-hybridized carbons (Fsp3) is 0.600. The topological polar surface area (TPSA) is 97.1 Å². The zero-order chi connectivity index (χ0) is 12.8. The molecule has 1 aromatic rings. The van der Waals surface area contributed by atoms with Crippen molar-refractivity contribution in [2.75, 3.05) is 0 Å². The average Bonchev–Trinajstić information content (AvgIpc) is 2.74. The van der Waals surface area contributed by atoms with Gasteiger partial charge in [0, 0.05) is 12.6 Å². The van der Waals surface area contributed by atoms with E-state index < -0.39 is 12.0 Å². The zero-order valence-electron chi connectivity index (χ0n) is 9.83. The quantitative estimate of drug-likeness (QED) is 0.723. The van der Waals surface area contributed by atoms with Crippen LogP contribution in [-0.4, -0.2) is 38.0 Å². The lowest BCUT2D eigenvalue weighted by molar-refractivity contribution is -0.143. The fourth-order valence-corrected chi connectivity index (χ4v) is 1.33. The predicted molar refractivity (Wildman–Crippen MR) is 59.0 cm³/mol. The van der Waals surface area contributed by atoms with Crippen molar-refractivity contribution in [2.24, 2.45) is 5.92 Å². The number of aliphatic carboxylic acids is 1. The van der Waals surface area contributed by atoms with Crippen LogP contribution in [0.5, 0.6) is 0 Å². The Labute approximate surface area is 98.8 Å². The summed E-state index contributed by atoms with van der Waals surface area (Å²) < 4.78 is 1.52. The van der Waals surface area contributed by atoms with Crippen LogP contribution in [0.2, 0.25) is 0 Å². The molecule has 7 heteroatoms. The van der Waals surface area contributed by atoms with Gasteiger partial charge in [0.1, 0.15) is 6.04 Å². The number of carboxylic acids is 1. The highest BCUT2D eigenvalue weighted by molar-refractivity contribution is 5.83. The molecule has 0 bridgehead atoms. The molecule has 17 heavy (non-hydrogen) atoms. The van der Waals surface area contributed by atoms with E-state index >= 15 is 0 Å². The minimum absolute atomic E-state index is 0.150. The van der Waals surface area contributed by atoms with Gasteiger partial charge >= 0.3 is 5.97 Å². The molecule has 0 aliphatic heterocycles. The largest absolute Gasteiger partial charge is 0.480 e. The number of aryl methyl sites for hydroxylation is 1. The summed E-state index contributed by atoms with van der Waals surface area (Å²) in [6.07, 6.45) is 3.34. The van der Waals surface area contributed by atoms with Crippen molar-refractivity contribution in [1.82, 2.24) is 20.3 Å². The van der Waals surface area contributed by atoms with Crippen molar-refractivity contribution >= 4 is 11.9 Å². The Balaban J connectivity index is 2.40. The van der Waals surface area contributed by atoms with Crippen LogP contribution < -0.4 is 5.32 Å². The van der Waals surface area contributed by atoms with Crippen LogP contribution in [0, 0.1) is 5.92 Å². The molecule has 1 rings (SSSR count). The SMILES string of the molecule is CC(C)[C@H](NC(=O)CCn1ccnn1)C(=O)O. The molecule has 1 aromatic heterocycles. The number of amides is 1. The smallest absolute Gasteiger partial charge is 0.326 e. The van der Waals surface area contributed by atoms with Gasteiger partial charge in [-0.25, -0.2) is 4.79 Å². The molecule has 2 N–H and O–H groups in total. The Morgan fingerprint density at radius 1 is 1.47 bits per heavy atom. The van der Waals surface area contributed by atoms with Crippen LogP contribution in [-0.2, 0) is 16.1 Å². The first-order chi connectivity index (χ1) is 8.00. The van der Waals surface area contributed by atoms with Crippen LogP contribution >= 0.6 is 0 Å². The van der Waals surface area contributed by atoms with Gasteiger partial charge in [0.25, 0.3) is 0 Å². The molecule has 0 aliphatic rings. The van der Waals surface area contributed by atoms with E-state index in [4.69, 9.17) is 5.11 Å². The molecular weight excluding hydrogens is 224 g/mol. The first-order valence-corrected chi connectivity index (χ1v) is 5.37. The lowest BCUT2D eigenvalue weighted by atomic mass is 10.0. The monoisotopic (exact) mass is 240 g/mol. The minimum atomic E-state index is -1.02. The van der Waals surface area contributed by atoms with Gasteiger partial charge in [-0.1, -0.05) is 19.1 Å². The van der Waals surface area contributed by atoms with Gasteiger partial charge in [-0.15, -0.1) is 5.10 Å².